The molecule has 0 radical (unpaired) electrons. The normalized spacial score (nSPS) is 28.3. The Balaban J connectivity index is 2.69. The number of hydrogen-bond acceptors (Lipinski definition) is 1. The SMILES string of the molecule is CC1C=NC=[N+]1C. The van der Waals surface area contributed by atoms with Crippen LogP contribution in [0.5, 0.6) is 0 Å². The van der Waals surface area contributed by atoms with Crippen molar-refractivity contribution in [3.63, 3.8) is 0 Å². The van der Waals surface area contributed by atoms with Crippen LogP contribution in [-0.4, -0.2) is 30.2 Å². The minimum Gasteiger partial charge on any atom is -0.258 e. The first-order valence-corrected chi connectivity index (χ1v) is 2.39. The molecule has 1 aliphatic heterocycles. The third-order valence-electron chi connectivity index (χ3n) is 1.19. The van der Waals surface area contributed by atoms with Crippen molar-refractivity contribution >= 4 is 12.6 Å². The number of rotatable bonds is 0. The van der Waals surface area contributed by atoms with Crippen LogP contribution in [0.15, 0.2) is 4.99 Å². The van der Waals surface area contributed by atoms with Crippen molar-refractivity contribution < 1.29 is 4.58 Å². The molecular weight excluding hydrogens is 88.1 g/mol. The quantitative estimate of drug-likeness (QED) is 0.382. The highest BCUT2D eigenvalue weighted by Gasteiger charge is 2.09. The maximum Gasteiger partial charge on any atom is 0.281 e. The molecule has 0 N–H and O–H groups in total. The van der Waals surface area contributed by atoms with E-state index in [0.717, 1.165) is 0 Å². The molecular formula is C5H9N2+. The number of hydrogen-bond donors (Lipinski definition) is 0. The van der Waals surface area contributed by atoms with Gasteiger partial charge in [0.1, 0.15) is 0 Å². The minimum atomic E-state index is 0.500. The molecule has 7 heavy (non-hydrogen) atoms. The zero-order chi connectivity index (χ0) is 5.28. The molecule has 0 aromatic rings. The van der Waals surface area contributed by atoms with Gasteiger partial charge in [0, 0.05) is 0 Å². The van der Waals surface area contributed by atoms with Crippen LogP contribution < -0.4 is 0 Å². The van der Waals surface area contributed by atoms with Crippen molar-refractivity contribution in [2.45, 2.75) is 13.0 Å². The predicted molar refractivity (Wildman–Crippen MR) is 30.2 cm³/mol. The first-order chi connectivity index (χ1) is 3.30. The van der Waals surface area contributed by atoms with E-state index >= 15 is 0 Å². The van der Waals surface area contributed by atoms with Crippen LogP contribution in [0.25, 0.3) is 0 Å². The molecule has 1 aliphatic rings. The summed E-state index contributed by atoms with van der Waals surface area (Å²) in [7, 11) is 2.01. The molecule has 0 bridgehead atoms. The molecule has 0 aromatic carbocycles. The second kappa shape index (κ2) is 1.45. The van der Waals surface area contributed by atoms with Gasteiger partial charge in [-0.25, -0.2) is 0 Å². The molecule has 0 aliphatic carbocycles. The van der Waals surface area contributed by atoms with Crippen LogP contribution in [-0.2, 0) is 0 Å². The largest absolute Gasteiger partial charge is 0.281 e. The molecule has 2 heteroatoms. The Morgan fingerprint density at radius 1 is 1.71 bits per heavy atom. The average Bonchev–Trinajstić information content (AvgIpc) is 1.91. The molecule has 0 fully saturated rings. The first kappa shape index (κ1) is 4.50. The topological polar surface area (TPSA) is 15.4 Å². The summed E-state index contributed by atoms with van der Waals surface area (Å²) in [6.07, 6.45) is 3.74. The zero-order valence-corrected chi connectivity index (χ0v) is 4.63. The van der Waals surface area contributed by atoms with Crippen LogP contribution >= 0.6 is 0 Å². The molecule has 0 spiro atoms. The van der Waals surface area contributed by atoms with E-state index in [1.807, 2.05) is 19.6 Å². The second-order valence-corrected chi connectivity index (χ2v) is 1.82. The number of nitrogens with zero attached hydrogens (tertiary/aromatic N) is 2. The Morgan fingerprint density at radius 2 is 2.43 bits per heavy atom. The summed E-state index contributed by atoms with van der Waals surface area (Å²) in [5, 5.41) is 0. The van der Waals surface area contributed by atoms with Crippen molar-refractivity contribution in [1.82, 2.24) is 0 Å². The lowest BCUT2D eigenvalue weighted by atomic mass is 10.4. The summed E-state index contributed by atoms with van der Waals surface area (Å²) in [6, 6.07) is 0.500. The summed E-state index contributed by atoms with van der Waals surface area (Å²) >= 11 is 0. The van der Waals surface area contributed by atoms with E-state index in [1.165, 1.54) is 0 Å². The molecule has 1 rings (SSSR count). The van der Waals surface area contributed by atoms with Crippen LogP contribution in [0.4, 0.5) is 0 Å². The number of aliphatic imine (C=N–C) groups is 1. The molecule has 1 heterocycles. The van der Waals surface area contributed by atoms with Gasteiger partial charge in [-0.3, -0.25) is 4.58 Å². The molecule has 2 nitrogen and oxygen atoms in total. The molecule has 0 saturated heterocycles. The van der Waals surface area contributed by atoms with Gasteiger partial charge in [-0.2, -0.15) is 0 Å². The van der Waals surface area contributed by atoms with Crippen molar-refractivity contribution in [3.05, 3.63) is 0 Å². The maximum atomic E-state index is 3.92. The fourth-order valence-electron chi connectivity index (χ4n) is 0.479. The van der Waals surface area contributed by atoms with E-state index in [2.05, 4.69) is 16.5 Å². The minimum absolute atomic E-state index is 0.500. The van der Waals surface area contributed by atoms with E-state index in [9.17, 15) is 0 Å². The lowest BCUT2D eigenvalue weighted by molar-refractivity contribution is -0.506. The van der Waals surface area contributed by atoms with Crippen LogP contribution in [0, 0.1) is 0 Å². The van der Waals surface area contributed by atoms with Crippen LogP contribution in [0.2, 0.25) is 0 Å². The van der Waals surface area contributed by atoms with E-state index in [1.54, 1.807) is 0 Å². The lowest BCUT2D eigenvalue weighted by Crippen LogP contribution is -2.15. The fourth-order valence-corrected chi connectivity index (χ4v) is 0.479. The van der Waals surface area contributed by atoms with Crippen molar-refractivity contribution in [1.29, 1.82) is 0 Å². The standard InChI is InChI=1S/C5H9N2/c1-5-3-6-4-7(5)2/h3-5H,1-2H3/q+1. The van der Waals surface area contributed by atoms with Crippen molar-refractivity contribution in [2.24, 2.45) is 4.99 Å². The first-order valence-electron chi connectivity index (χ1n) is 2.39. The summed E-state index contributed by atoms with van der Waals surface area (Å²) in [5.41, 5.74) is 0. The Bertz CT molecular complexity index is 124. The highest BCUT2D eigenvalue weighted by molar-refractivity contribution is 5.76. The van der Waals surface area contributed by atoms with Gasteiger partial charge in [-0.1, -0.05) is 4.99 Å². The van der Waals surface area contributed by atoms with Crippen molar-refractivity contribution in [3.8, 4) is 0 Å². The predicted octanol–water partition coefficient (Wildman–Crippen LogP) is 0.130. The summed E-state index contributed by atoms with van der Waals surface area (Å²) in [4.78, 5) is 3.92. The van der Waals surface area contributed by atoms with Gasteiger partial charge >= 0.3 is 0 Å². The van der Waals surface area contributed by atoms with E-state index in [-0.39, 0.29) is 0 Å². The Kier molecular flexibility index (Phi) is 0.929. The third kappa shape index (κ3) is 0.683. The average molecular weight is 97.1 g/mol. The third-order valence-corrected chi connectivity index (χ3v) is 1.19. The van der Waals surface area contributed by atoms with Gasteiger partial charge in [0.05, 0.1) is 7.05 Å². The zero-order valence-electron chi connectivity index (χ0n) is 4.63. The summed E-state index contributed by atoms with van der Waals surface area (Å²) in [5.74, 6) is 0. The molecule has 0 saturated carbocycles. The molecule has 38 valence electrons. The van der Waals surface area contributed by atoms with Gasteiger partial charge < -0.3 is 0 Å². The molecule has 0 aromatic heterocycles. The van der Waals surface area contributed by atoms with Gasteiger partial charge in [0.15, 0.2) is 12.3 Å². The van der Waals surface area contributed by atoms with Crippen LogP contribution in [0.1, 0.15) is 6.92 Å². The van der Waals surface area contributed by atoms with Gasteiger partial charge in [0.25, 0.3) is 6.34 Å². The fraction of sp³-hybridized carbons (Fsp3) is 0.600. The highest BCUT2D eigenvalue weighted by Crippen LogP contribution is 1.86. The molecule has 1 unspecified atom stereocenters. The smallest absolute Gasteiger partial charge is 0.258 e. The Labute approximate surface area is 43.2 Å². The summed E-state index contributed by atoms with van der Waals surface area (Å²) < 4.78 is 2.06. The van der Waals surface area contributed by atoms with Crippen LogP contribution in [0.3, 0.4) is 0 Å². The lowest BCUT2D eigenvalue weighted by Gasteiger charge is -1.92. The summed E-state index contributed by atoms with van der Waals surface area (Å²) in [6.45, 7) is 2.10. The Hall–Kier alpha value is -0.660. The monoisotopic (exact) mass is 97.1 g/mol. The van der Waals surface area contributed by atoms with E-state index in [0.29, 0.717) is 6.04 Å². The molecule has 0 amide bonds. The maximum absolute atomic E-state index is 3.92. The highest BCUT2D eigenvalue weighted by atomic mass is 15.1. The van der Waals surface area contributed by atoms with Gasteiger partial charge in [0.2, 0.25) is 0 Å². The van der Waals surface area contributed by atoms with Crippen molar-refractivity contribution in [2.75, 3.05) is 7.05 Å². The molecule has 1 atom stereocenters. The van der Waals surface area contributed by atoms with Gasteiger partial charge in [-0.15, -0.1) is 0 Å². The van der Waals surface area contributed by atoms with Gasteiger partial charge in [-0.05, 0) is 6.92 Å². The van der Waals surface area contributed by atoms with E-state index in [4.69, 9.17) is 0 Å². The van der Waals surface area contributed by atoms with E-state index < -0.39 is 0 Å². The Morgan fingerprint density at radius 3 is 2.57 bits per heavy atom. The second-order valence-electron chi connectivity index (χ2n) is 1.82.